The Bertz CT molecular complexity index is 719. The van der Waals surface area contributed by atoms with Gasteiger partial charge in [0.2, 0.25) is 0 Å². The summed E-state index contributed by atoms with van der Waals surface area (Å²) in [5.74, 6) is -0.106. The number of esters is 1. The molecule has 0 aliphatic heterocycles. The first-order valence-electron chi connectivity index (χ1n) is 10.8. The molecule has 0 aromatic rings. The fraction of sp³-hybridized carbons (Fsp3) is 0.720. The van der Waals surface area contributed by atoms with Crippen LogP contribution in [0.5, 0.6) is 0 Å². The van der Waals surface area contributed by atoms with Gasteiger partial charge in [-0.15, -0.1) is 0 Å². The number of halogens is 1. The number of ketones is 2. The van der Waals surface area contributed by atoms with Crippen molar-refractivity contribution in [2.75, 3.05) is 11.9 Å². The maximum Gasteiger partial charge on any atom is 0.309 e. The van der Waals surface area contributed by atoms with Crippen molar-refractivity contribution in [3.63, 3.8) is 0 Å². The number of carbonyl (C=O) groups excluding carboxylic acids is 3. The highest BCUT2D eigenvalue weighted by molar-refractivity contribution is 9.09. The van der Waals surface area contributed by atoms with E-state index >= 15 is 0 Å². The molecule has 0 heterocycles. The van der Waals surface area contributed by atoms with Gasteiger partial charge in [0, 0.05) is 10.8 Å². The van der Waals surface area contributed by atoms with Crippen LogP contribution in [-0.2, 0) is 19.1 Å². The van der Waals surface area contributed by atoms with Crippen molar-refractivity contribution < 1.29 is 19.1 Å². The zero-order valence-corrected chi connectivity index (χ0v) is 21.5. The molecule has 0 saturated carbocycles. The molecule has 0 saturated heterocycles. The van der Waals surface area contributed by atoms with E-state index in [9.17, 15) is 14.4 Å². The summed E-state index contributed by atoms with van der Waals surface area (Å²) >= 11 is 3.23. The van der Waals surface area contributed by atoms with Crippen LogP contribution in [0, 0.1) is 27.6 Å². The van der Waals surface area contributed by atoms with Gasteiger partial charge in [-0.05, 0) is 30.1 Å². The van der Waals surface area contributed by atoms with E-state index in [0.29, 0.717) is 11.1 Å². The summed E-state index contributed by atoms with van der Waals surface area (Å²) in [4.78, 5) is 35.5. The second-order valence-electron chi connectivity index (χ2n) is 10.2. The predicted molar refractivity (Wildman–Crippen MR) is 126 cm³/mol. The van der Waals surface area contributed by atoms with Gasteiger partial charge in [0.1, 0.15) is 5.78 Å². The summed E-state index contributed by atoms with van der Waals surface area (Å²) < 4.78 is 5.11. The quantitative estimate of drug-likeness (QED) is 0.250. The van der Waals surface area contributed by atoms with Gasteiger partial charge >= 0.3 is 5.97 Å². The lowest BCUT2D eigenvalue weighted by atomic mass is 9.66. The molecule has 2 rings (SSSR count). The molecule has 0 aromatic carbocycles. The van der Waals surface area contributed by atoms with Crippen LogP contribution in [0.1, 0.15) is 74.7 Å². The highest BCUT2D eigenvalue weighted by Gasteiger charge is 2.48. The number of hydrogen-bond acceptors (Lipinski definition) is 4. The van der Waals surface area contributed by atoms with E-state index in [-0.39, 0.29) is 40.5 Å². The van der Waals surface area contributed by atoms with Crippen LogP contribution in [0.15, 0.2) is 24.3 Å². The van der Waals surface area contributed by atoms with Crippen molar-refractivity contribution in [1.29, 1.82) is 0 Å². The Hall–Kier alpha value is -1.23. The van der Waals surface area contributed by atoms with Crippen LogP contribution in [-0.4, -0.2) is 29.5 Å². The average Bonchev–Trinajstić information content (AvgIpc) is 3.13. The Labute approximate surface area is 191 Å². The molecule has 2 aliphatic carbocycles. The van der Waals surface area contributed by atoms with Crippen molar-refractivity contribution in [2.24, 2.45) is 27.6 Å². The lowest BCUT2D eigenvalue weighted by Crippen LogP contribution is -2.40. The lowest BCUT2D eigenvalue weighted by Gasteiger charge is -2.36. The third-order valence-corrected chi connectivity index (χ3v) is 8.19. The molecule has 2 aliphatic rings. The Balaban J connectivity index is 0.000000325. The third kappa shape index (κ3) is 5.33. The number of alkyl halides is 1. The van der Waals surface area contributed by atoms with Crippen molar-refractivity contribution in [2.45, 2.75) is 74.7 Å². The van der Waals surface area contributed by atoms with Crippen LogP contribution in [0.4, 0.5) is 0 Å². The molecule has 0 fully saturated rings. The van der Waals surface area contributed by atoms with E-state index in [1.807, 2.05) is 40.7 Å². The second-order valence-corrected chi connectivity index (χ2v) is 10.8. The zero-order valence-electron chi connectivity index (χ0n) is 19.9. The minimum atomic E-state index is -0.456. The number of carbonyl (C=O) groups is 3. The fourth-order valence-electron chi connectivity index (χ4n) is 3.77. The van der Waals surface area contributed by atoms with Crippen molar-refractivity contribution in [3.8, 4) is 0 Å². The first-order valence-corrected chi connectivity index (χ1v) is 12.0. The van der Waals surface area contributed by atoms with E-state index in [1.165, 1.54) is 0 Å². The molecule has 0 amide bonds. The van der Waals surface area contributed by atoms with Gasteiger partial charge < -0.3 is 4.74 Å². The van der Waals surface area contributed by atoms with E-state index < -0.39 is 5.41 Å². The van der Waals surface area contributed by atoms with Gasteiger partial charge in [-0.3, -0.25) is 14.4 Å². The normalized spacial score (nSPS) is 29.1. The molecular formula is C25H39BrO4. The zero-order chi connectivity index (χ0) is 23.4. The molecule has 0 radical (unpaired) electrons. The summed E-state index contributed by atoms with van der Waals surface area (Å²) in [6.45, 7) is 16.0. The smallest absolute Gasteiger partial charge is 0.309 e. The van der Waals surface area contributed by atoms with E-state index in [2.05, 4.69) is 54.9 Å². The summed E-state index contributed by atoms with van der Waals surface area (Å²) in [6.07, 6.45) is 10.7. The maximum absolute atomic E-state index is 12.3. The molecule has 0 spiro atoms. The highest BCUT2D eigenvalue weighted by Crippen LogP contribution is 2.49. The Morgan fingerprint density at radius 3 is 1.67 bits per heavy atom. The first kappa shape index (κ1) is 26.8. The van der Waals surface area contributed by atoms with Gasteiger partial charge in [-0.25, -0.2) is 0 Å². The molecule has 5 heteroatoms. The van der Waals surface area contributed by atoms with Gasteiger partial charge in [0.25, 0.3) is 0 Å². The molecular weight excluding hydrogens is 444 g/mol. The average molecular weight is 483 g/mol. The summed E-state index contributed by atoms with van der Waals surface area (Å²) in [7, 11) is 0. The Morgan fingerprint density at radius 2 is 1.33 bits per heavy atom. The summed E-state index contributed by atoms with van der Waals surface area (Å²) in [5.41, 5.74) is -0.816. The standard InChI is InChI=1S/C15H24O3.C10H15BrO/c1-6-11(2)13(17)18-10-12(16)15(5)9-7-8-14(15,3)4;1-9(2)5-4-6-10(9,3)8(12)7-11/h7-8,11H,6,9-10H2,1-5H3;4-5H,6-7H2,1-3H3/t11-,15-;10-/m00/s1. The fourth-order valence-corrected chi connectivity index (χ4v) is 4.39. The van der Waals surface area contributed by atoms with Crippen LogP contribution in [0.2, 0.25) is 0 Å². The van der Waals surface area contributed by atoms with Gasteiger partial charge in [0.05, 0.1) is 11.2 Å². The molecule has 4 nitrogen and oxygen atoms in total. The minimum absolute atomic E-state index is 0.00848. The molecule has 170 valence electrons. The van der Waals surface area contributed by atoms with Gasteiger partial charge in [0.15, 0.2) is 12.4 Å². The topological polar surface area (TPSA) is 60.4 Å². The summed E-state index contributed by atoms with van der Waals surface area (Å²) in [5, 5.41) is 0.467. The lowest BCUT2D eigenvalue weighted by molar-refractivity contribution is -0.155. The number of ether oxygens (including phenoxy) is 1. The number of rotatable bonds is 7. The van der Waals surface area contributed by atoms with Crippen LogP contribution >= 0.6 is 15.9 Å². The monoisotopic (exact) mass is 482 g/mol. The van der Waals surface area contributed by atoms with Crippen molar-refractivity contribution >= 4 is 33.5 Å². The van der Waals surface area contributed by atoms with E-state index in [0.717, 1.165) is 19.3 Å². The molecule has 30 heavy (non-hydrogen) atoms. The molecule has 3 atom stereocenters. The van der Waals surface area contributed by atoms with E-state index in [1.54, 1.807) is 0 Å². The molecule has 0 bridgehead atoms. The number of hydrogen-bond donors (Lipinski definition) is 0. The van der Waals surface area contributed by atoms with Crippen molar-refractivity contribution in [1.82, 2.24) is 0 Å². The van der Waals surface area contributed by atoms with E-state index in [4.69, 9.17) is 4.74 Å². The largest absolute Gasteiger partial charge is 0.457 e. The molecule has 0 aromatic heterocycles. The second kappa shape index (κ2) is 9.93. The molecule has 0 N–H and O–H groups in total. The SMILES string of the molecule is CC1(C)C=CC[C@@]1(C)C(=O)CBr.CC[C@H](C)C(=O)OCC(=O)[C@]1(C)CC=CC1(C)C. The Kier molecular flexibility index (Phi) is 8.87. The number of Topliss-reactive ketones (excluding diaryl/α,β-unsaturated/α-hetero) is 2. The molecule has 0 unspecified atom stereocenters. The summed E-state index contributed by atoms with van der Waals surface area (Å²) in [6, 6.07) is 0. The predicted octanol–water partition coefficient (Wildman–Crippen LogP) is 6.08. The van der Waals surface area contributed by atoms with Crippen LogP contribution in [0.25, 0.3) is 0 Å². The highest BCUT2D eigenvalue weighted by atomic mass is 79.9. The maximum atomic E-state index is 12.3. The Morgan fingerprint density at radius 1 is 0.900 bits per heavy atom. The van der Waals surface area contributed by atoms with Crippen molar-refractivity contribution in [3.05, 3.63) is 24.3 Å². The number of allylic oxidation sites excluding steroid dienone is 4. The first-order chi connectivity index (χ1) is 13.7. The van der Waals surface area contributed by atoms with Gasteiger partial charge in [-0.2, -0.15) is 0 Å². The third-order valence-electron chi connectivity index (χ3n) is 7.68. The van der Waals surface area contributed by atoms with Gasteiger partial charge in [-0.1, -0.05) is 95.6 Å². The van der Waals surface area contributed by atoms with Crippen LogP contribution in [0.3, 0.4) is 0 Å². The van der Waals surface area contributed by atoms with Crippen LogP contribution < -0.4 is 0 Å². The minimum Gasteiger partial charge on any atom is -0.457 e.